The van der Waals surface area contributed by atoms with Gasteiger partial charge in [0.25, 0.3) is 0 Å². The van der Waals surface area contributed by atoms with E-state index in [2.05, 4.69) is 21.0 Å². The Morgan fingerprint density at radius 1 is 1.27 bits per heavy atom. The highest BCUT2D eigenvalue weighted by Gasteiger charge is 2.31. The third kappa shape index (κ3) is 3.49. The van der Waals surface area contributed by atoms with E-state index in [1.807, 2.05) is 0 Å². The summed E-state index contributed by atoms with van der Waals surface area (Å²) in [5, 5.41) is 4.22. The highest BCUT2D eigenvalue weighted by Crippen LogP contribution is 2.30. The monoisotopic (exact) mass is 374 g/mol. The minimum atomic E-state index is -0.588. The number of halogens is 1. The van der Waals surface area contributed by atoms with Crippen LogP contribution in [0.4, 0.5) is 0 Å². The summed E-state index contributed by atoms with van der Waals surface area (Å²) in [6.07, 6.45) is 2.29. The van der Waals surface area contributed by atoms with E-state index in [-0.39, 0.29) is 35.3 Å². The number of nitrogens with zero attached hydrogens (tertiary/aromatic N) is 2. The molecule has 1 aromatic rings. The molecule has 2 rings (SSSR count). The average molecular weight is 375 g/mol. The molecule has 7 nitrogen and oxygen atoms in total. The van der Waals surface area contributed by atoms with Gasteiger partial charge in [-0.2, -0.15) is 5.10 Å². The van der Waals surface area contributed by atoms with Crippen LogP contribution in [0.1, 0.15) is 60.3 Å². The van der Waals surface area contributed by atoms with Crippen molar-refractivity contribution in [1.29, 1.82) is 0 Å². The lowest BCUT2D eigenvalue weighted by Gasteiger charge is -2.24. The number of hydrogen-bond acceptors (Lipinski definition) is 6. The molecule has 0 radical (unpaired) electrons. The fraction of sp³-hybridized carbons (Fsp3) is 0.643. The number of rotatable bonds is 5. The Bertz CT molecular complexity index is 552. The summed E-state index contributed by atoms with van der Waals surface area (Å²) in [4.78, 5) is 24.2. The molecule has 22 heavy (non-hydrogen) atoms. The molecule has 0 spiro atoms. The van der Waals surface area contributed by atoms with Gasteiger partial charge < -0.3 is 14.2 Å². The first kappa shape index (κ1) is 17.0. The molecule has 1 aliphatic heterocycles. The molecule has 0 saturated carbocycles. The number of ether oxygens (including phenoxy) is 3. The smallest absolute Gasteiger partial charge is 0.360 e. The molecule has 0 aliphatic carbocycles. The zero-order valence-corrected chi connectivity index (χ0v) is 14.2. The first-order valence-electron chi connectivity index (χ1n) is 7.34. The van der Waals surface area contributed by atoms with Crippen molar-refractivity contribution < 1.29 is 23.8 Å². The summed E-state index contributed by atoms with van der Waals surface area (Å²) in [6, 6.07) is 0. The Hall–Kier alpha value is -1.41. The molecule has 1 atom stereocenters. The van der Waals surface area contributed by atoms with Crippen LogP contribution in [0.5, 0.6) is 0 Å². The molecular weight excluding hydrogens is 356 g/mol. The minimum Gasteiger partial charge on any atom is -0.461 e. The van der Waals surface area contributed by atoms with Crippen LogP contribution in [0.3, 0.4) is 0 Å². The molecule has 0 aromatic carbocycles. The highest BCUT2D eigenvalue weighted by atomic mass is 79.9. The number of carbonyl (C=O) groups is 2. The van der Waals surface area contributed by atoms with Crippen LogP contribution >= 0.6 is 15.9 Å². The zero-order valence-electron chi connectivity index (χ0n) is 12.6. The van der Waals surface area contributed by atoms with Gasteiger partial charge in [0, 0.05) is 6.61 Å². The summed E-state index contributed by atoms with van der Waals surface area (Å²) < 4.78 is 17.4. The maximum atomic E-state index is 12.2. The zero-order chi connectivity index (χ0) is 16.1. The number of hydrogen-bond donors (Lipinski definition) is 0. The molecule has 1 aromatic heterocycles. The van der Waals surface area contributed by atoms with Gasteiger partial charge in [0.05, 0.1) is 17.7 Å². The van der Waals surface area contributed by atoms with Crippen LogP contribution in [0.2, 0.25) is 0 Å². The van der Waals surface area contributed by atoms with Crippen LogP contribution in [-0.4, -0.2) is 41.5 Å². The van der Waals surface area contributed by atoms with Gasteiger partial charge in [-0.05, 0) is 49.0 Å². The van der Waals surface area contributed by atoms with E-state index in [1.165, 1.54) is 4.68 Å². The van der Waals surface area contributed by atoms with Crippen LogP contribution < -0.4 is 0 Å². The van der Waals surface area contributed by atoms with Crippen molar-refractivity contribution in [2.45, 2.75) is 39.3 Å². The van der Waals surface area contributed by atoms with Crippen molar-refractivity contribution in [2.75, 3.05) is 19.8 Å². The second-order valence-corrected chi connectivity index (χ2v) is 5.51. The third-order valence-electron chi connectivity index (χ3n) is 3.22. The van der Waals surface area contributed by atoms with Gasteiger partial charge in [-0.25, -0.2) is 14.3 Å². The van der Waals surface area contributed by atoms with E-state index in [4.69, 9.17) is 14.2 Å². The van der Waals surface area contributed by atoms with E-state index in [9.17, 15) is 9.59 Å². The molecule has 1 fully saturated rings. The Morgan fingerprint density at radius 3 is 2.55 bits per heavy atom. The quantitative estimate of drug-likeness (QED) is 0.737. The second-order valence-electron chi connectivity index (χ2n) is 4.72. The van der Waals surface area contributed by atoms with Gasteiger partial charge in [0.2, 0.25) is 0 Å². The molecule has 0 bridgehead atoms. The largest absolute Gasteiger partial charge is 0.461 e. The van der Waals surface area contributed by atoms with E-state index in [1.54, 1.807) is 13.8 Å². The normalized spacial score (nSPS) is 18.0. The van der Waals surface area contributed by atoms with Gasteiger partial charge in [-0.3, -0.25) is 0 Å². The Balaban J connectivity index is 2.42. The van der Waals surface area contributed by atoms with E-state index >= 15 is 0 Å². The van der Waals surface area contributed by atoms with Crippen LogP contribution in [-0.2, 0) is 14.2 Å². The summed E-state index contributed by atoms with van der Waals surface area (Å²) in [6.45, 7) is 4.48. The van der Waals surface area contributed by atoms with E-state index in [0.29, 0.717) is 6.61 Å². The molecule has 1 aliphatic rings. The molecule has 122 valence electrons. The van der Waals surface area contributed by atoms with Gasteiger partial charge in [0.1, 0.15) is 0 Å². The summed E-state index contributed by atoms with van der Waals surface area (Å²) >= 11 is 3.27. The minimum absolute atomic E-state index is 0.0547. The van der Waals surface area contributed by atoms with Crippen molar-refractivity contribution in [2.24, 2.45) is 0 Å². The molecule has 1 unspecified atom stereocenters. The van der Waals surface area contributed by atoms with Crippen molar-refractivity contribution >= 4 is 27.9 Å². The summed E-state index contributed by atoms with van der Waals surface area (Å²) in [7, 11) is 0. The predicted octanol–water partition coefficient (Wildman–Crippen LogP) is 2.70. The topological polar surface area (TPSA) is 79.6 Å². The first-order chi connectivity index (χ1) is 10.6. The first-order valence-corrected chi connectivity index (χ1v) is 8.13. The Morgan fingerprint density at radius 2 is 1.95 bits per heavy atom. The van der Waals surface area contributed by atoms with E-state index in [0.717, 1.165) is 19.3 Å². The molecule has 2 heterocycles. The van der Waals surface area contributed by atoms with E-state index < -0.39 is 11.9 Å². The number of carbonyl (C=O) groups excluding carboxylic acids is 2. The lowest BCUT2D eigenvalue weighted by atomic mass is 10.2. The predicted molar refractivity (Wildman–Crippen MR) is 80.7 cm³/mol. The Labute approximate surface area is 137 Å². The highest BCUT2D eigenvalue weighted by molar-refractivity contribution is 9.10. The van der Waals surface area contributed by atoms with Crippen LogP contribution in [0.25, 0.3) is 0 Å². The fourth-order valence-corrected chi connectivity index (χ4v) is 2.84. The summed E-state index contributed by atoms with van der Waals surface area (Å²) in [5.74, 6) is -1.14. The molecule has 0 N–H and O–H groups in total. The standard InChI is InChI=1S/C14H19BrN2O5/c1-3-20-13(18)11-10(15)12(14(19)21-4-2)17(16-11)9-7-5-6-8-22-9/h9H,3-8H2,1-2H3. The van der Waals surface area contributed by atoms with Gasteiger partial charge >= 0.3 is 11.9 Å². The third-order valence-corrected chi connectivity index (χ3v) is 3.97. The molecular formula is C14H19BrN2O5. The van der Waals surface area contributed by atoms with Crippen molar-refractivity contribution in [3.8, 4) is 0 Å². The molecule has 0 amide bonds. The number of esters is 2. The lowest BCUT2D eigenvalue weighted by Crippen LogP contribution is -2.24. The van der Waals surface area contributed by atoms with Gasteiger partial charge in [-0.1, -0.05) is 0 Å². The Kier molecular flexibility index (Phi) is 5.96. The SMILES string of the molecule is CCOC(=O)c1nn(C2CCCCO2)c(C(=O)OCC)c1Br. The molecule has 8 heteroatoms. The van der Waals surface area contributed by atoms with Gasteiger partial charge in [-0.15, -0.1) is 0 Å². The summed E-state index contributed by atoms with van der Waals surface area (Å²) in [5.41, 5.74) is 0.232. The second kappa shape index (κ2) is 7.73. The van der Waals surface area contributed by atoms with Crippen molar-refractivity contribution in [3.05, 3.63) is 15.9 Å². The number of aromatic nitrogens is 2. The van der Waals surface area contributed by atoms with Crippen LogP contribution in [0.15, 0.2) is 4.47 Å². The maximum absolute atomic E-state index is 12.2. The van der Waals surface area contributed by atoms with Crippen LogP contribution in [0, 0.1) is 0 Å². The molecule has 1 saturated heterocycles. The van der Waals surface area contributed by atoms with Crippen molar-refractivity contribution in [1.82, 2.24) is 9.78 Å². The maximum Gasteiger partial charge on any atom is 0.360 e. The lowest BCUT2D eigenvalue weighted by molar-refractivity contribution is -0.0419. The average Bonchev–Trinajstić information content (AvgIpc) is 2.86. The fourth-order valence-electron chi connectivity index (χ4n) is 2.25. The van der Waals surface area contributed by atoms with Gasteiger partial charge in [0.15, 0.2) is 17.6 Å². The van der Waals surface area contributed by atoms with Crippen molar-refractivity contribution in [3.63, 3.8) is 0 Å².